The van der Waals surface area contributed by atoms with E-state index < -0.39 is 74.0 Å². The highest BCUT2D eigenvalue weighted by atomic mass is 31.2. The average molecular weight is 752 g/mol. The van der Waals surface area contributed by atoms with E-state index in [4.69, 9.17) is 29.0 Å². The van der Waals surface area contributed by atoms with Crippen molar-refractivity contribution in [1.82, 2.24) is 25.0 Å². The molecule has 19 heteroatoms. The number of benzene rings is 2. The molecule has 0 bridgehead atoms. The Morgan fingerprint density at radius 1 is 1.11 bits per heavy atom. The van der Waals surface area contributed by atoms with Crippen LogP contribution in [0.25, 0.3) is 5.52 Å². The summed E-state index contributed by atoms with van der Waals surface area (Å²) in [5, 5.41) is 41.1. The molecule has 18 nitrogen and oxygen atoms in total. The second-order valence-corrected chi connectivity index (χ2v) is 14.6. The molecule has 0 saturated carbocycles. The fourth-order valence-electron chi connectivity index (χ4n) is 5.40. The number of carbonyl (C=O) groups is 3. The normalized spacial score (nSPS) is 22.2. The van der Waals surface area contributed by atoms with E-state index in [1.54, 1.807) is 69.3 Å². The maximum absolute atomic E-state index is 14.1. The molecular weight excluding hydrogens is 713 g/mol. The third-order valence-electron chi connectivity index (χ3n) is 7.84. The number of rotatable bonds is 13. The number of anilines is 1. The molecule has 0 spiro atoms. The number of alkyl carbamates (subject to hydrolysis) is 1. The molecule has 2 unspecified atom stereocenters. The molecule has 1 aliphatic rings. The number of amides is 1. The number of aliphatic hydroxyl groups excluding tert-OH is 1. The number of fused-ring (bicyclic) bond motifs is 1. The van der Waals surface area contributed by atoms with Gasteiger partial charge in [0.25, 0.3) is 0 Å². The Hall–Kier alpha value is -5.57. The molecule has 7 atom stereocenters. The summed E-state index contributed by atoms with van der Waals surface area (Å²) in [5.41, 5.74) is 3.28. The minimum Gasteiger partial charge on any atom is -0.480 e. The number of nitrogen functional groups attached to an aromatic ring is 1. The molecule has 1 amide bonds. The number of ether oxygens (including phenoxy) is 3. The van der Waals surface area contributed by atoms with Gasteiger partial charge in [-0.2, -0.15) is 15.4 Å². The summed E-state index contributed by atoms with van der Waals surface area (Å²) in [6, 6.07) is 17.7. The minimum atomic E-state index is -4.58. The van der Waals surface area contributed by atoms with Crippen LogP contribution in [0.15, 0.2) is 79.1 Å². The number of aromatic nitrogens is 3. The number of carboxylic acid groups (broad SMARTS) is 1. The molecule has 6 N–H and O–H groups in total. The lowest BCUT2D eigenvalue weighted by molar-refractivity contribution is -0.159. The molecule has 280 valence electrons. The third-order valence-corrected chi connectivity index (χ3v) is 9.49. The van der Waals surface area contributed by atoms with Crippen LogP contribution in [0.3, 0.4) is 0 Å². The van der Waals surface area contributed by atoms with Crippen LogP contribution in [0.4, 0.5) is 10.6 Å². The van der Waals surface area contributed by atoms with Crippen LogP contribution >= 0.6 is 7.75 Å². The quantitative estimate of drug-likeness (QED) is 0.0970. The van der Waals surface area contributed by atoms with Crippen LogP contribution in [0.5, 0.6) is 5.75 Å². The van der Waals surface area contributed by atoms with Gasteiger partial charge < -0.3 is 40.0 Å². The molecular formula is C34H38N7O11P. The predicted octanol–water partition coefficient (Wildman–Crippen LogP) is 3.23. The van der Waals surface area contributed by atoms with Gasteiger partial charge in [-0.05, 0) is 57.5 Å². The van der Waals surface area contributed by atoms with Crippen molar-refractivity contribution >= 4 is 37.1 Å². The number of esters is 1. The number of hydrogen-bond donors (Lipinski definition) is 5. The lowest BCUT2D eigenvalue weighted by atomic mass is 9.92. The van der Waals surface area contributed by atoms with E-state index in [0.29, 0.717) is 0 Å². The predicted molar refractivity (Wildman–Crippen MR) is 185 cm³/mol. The largest absolute Gasteiger partial charge is 0.480 e. The first kappa shape index (κ1) is 38.7. The lowest BCUT2D eigenvalue weighted by Crippen LogP contribution is -2.45. The highest BCUT2D eigenvalue weighted by molar-refractivity contribution is 7.52. The zero-order chi connectivity index (χ0) is 38.6. The van der Waals surface area contributed by atoms with Gasteiger partial charge in [0.05, 0.1) is 12.3 Å². The van der Waals surface area contributed by atoms with E-state index in [2.05, 4.69) is 20.5 Å². The van der Waals surface area contributed by atoms with Crippen molar-refractivity contribution in [3.05, 3.63) is 90.4 Å². The van der Waals surface area contributed by atoms with E-state index in [1.807, 2.05) is 6.07 Å². The zero-order valence-corrected chi connectivity index (χ0v) is 29.9. The van der Waals surface area contributed by atoms with Crippen molar-refractivity contribution in [2.45, 2.75) is 69.3 Å². The molecule has 0 radical (unpaired) electrons. The number of carbonyl (C=O) groups excluding carboxylic acids is 2. The fraction of sp³-hybridized carbons (Fsp3) is 0.353. The topological polar surface area (TPSA) is 259 Å². The summed E-state index contributed by atoms with van der Waals surface area (Å²) in [5.74, 6) is -2.37. The molecule has 1 aliphatic heterocycles. The second kappa shape index (κ2) is 15.6. The van der Waals surface area contributed by atoms with Crippen molar-refractivity contribution in [3.8, 4) is 11.8 Å². The van der Waals surface area contributed by atoms with E-state index in [0.717, 1.165) is 6.33 Å². The zero-order valence-electron chi connectivity index (χ0n) is 29.0. The van der Waals surface area contributed by atoms with Crippen molar-refractivity contribution in [2.75, 3.05) is 12.3 Å². The van der Waals surface area contributed by atoms with Gasteiger partial charge in [0.2, 0.25) is 5.60 Å². The maximum atomic E-state index is 14.1. The van der Waals surface area contributed by atoms with Crippen LogP contribution in [0.2, 0.25) is 0 Å². The molecule has 1 fully saturated rings. The van der Waals surface area contributed by atoms with E-state index in [9.17, 15) is 34.4 Å². The van der Waals surface area contributed by atoms with Crippen LogP contribution in [0, 0.1) is 11.3 Å². The van der Waals surface area contributed by atoms with Crippen LogP contribution in [0.1, 0.15) is 45.0 Å². The highest BCUT2D eigenvalue weighted by Gasteiger charge is 2.60. The first-order valence-corrected chi connectivity index (χ1v) is 17.7. The number of carboxylic acids is 1. The van der Waals surface area contributed by atoms with Gasteiger partial charge in [-0.3, -0.25) is 9.32 Å². The maximum Gasteiger partial charge on any atom is 0.459 e. The number of nitrogens with one attached hydrogen (secondary N) is 2. The lowest BCUT2D eigenvalue weighted by Gasteiger charge is -2.27. The average Bonchev–Trinajstić information content (AvgIpc) is 3.66. The number of nitrogens with two attached hydrogens (primary N) is 1. The Bertz CT molecular complexity index is 2040. The molecule has 0 aliphatic carbocycles. The van der Waals surface area contributed by atoms with Gasteiger partial charge in [-0.1, -0.05) is 48.5 Å². The molecule has 1 saturated heterocycles. The smallest absolute Gasteiger partial charge is 0.459 e. The van der Waals surface area contributed by atoms with E-state index in [-0.39, 0.29) is 28.3 Å². The van der Waals surface area contributed by atoms with Crippen molar-refractivity contribution in [1.29, 1.82) is 5.26 Å². The van der Waals surface area contributed by atoms with Gasteiger partial charge in [-0.25, -0.2) is 23.7 Å². The Balaban J connectivity index is 1.53. The molecule has 3 heterocycles. The summed E-state index contributed by atoms with van der Waals surface area (Å²) in [4.78, 5) is 42.5. The summed E-state index contributed by atoms with van der Waals surface area (Å²) in [6.07, 6.45) is -5.13. The highest BCUT2D eigenvalue weighted by Crippen LogP contribution is 2.48. The van der Waals surface area contributed by atoms with E-state index in [1.165, 1.54) is 35.7 Å². The first-order chi connectivity index (χ1) is 25.1. The summed E-state index contributed by atoms with van der Waals surface area (Å²) < 4.78 is 44.0. The fourth-order valence-corrected chi connectivity index (χ4v) is 6.91. The Morgan fingerprint density at radius 2 is 1.77 bits per heavy atom. The Labute approximate surface area is 303 Å². The van der Waals surface area contributed by atoms with Crippen molar-refractivity contribution in [2.24, 2.45) is 0 Å². The van der Waals surface area contributed by atoms with Gasteiger partial charge in [0, 0.05) is 0 Å². The van der Waals surface area contributed by atoms with Gasteiger partial charge in [0.1, 0.15) is 47.5 Å². The van der Waals surface area contributed by atoms with Crippen LogP contribution in [-0.2, 0) is 38.5 Å². The Morgan fingerprint density at radius 3 is 2.40 bits per heavy atom. The molecule has 4 aromatic rings. The number of aliphatic carboxylic acids is 1. The minimum absolute atomic E-state index is 0.0343. The van der Waals surface area contributed by atoms with Gasteiger partial charge >= 0.3 is 25.8 Å². The monoisotopic (exact) mass is 751 g/mol. The van der Waals surface area contributed by atoms with E-state index >= 15 is 0 Å². The Kier molecular flexibility index (Phi) is 11.4. The van der Waals surface area contributed by atoms with Crippen LogP contribution < -0.4 is 20.7 Å². The SMILES string of the molecule is CC(N[P@](=O)(OC[C@H]1O[C@@](C#N)(c2ccc3c(N)ncnn23)[C@H](O)[C@@H]1OC(=O)C(NC(=O)OC(C)(C)C)c1ccccc1)Oc1ccccc1)C(=O)O. The number of nitrogens with zero attached hydrogens (tertiary/aromatic N) is 4. The summed E-state index contributed by atoms with van der Waals surface area (Å²) >= 11 is 0. The third kappa shape index (κ3) is 8.74. The van der Waals surface area contributed by atoms with Gasteiger partial charge in [0.15, 0.2) is 18.0 Å². The number of para-hydroxylation sites is 1. The summed E-state index contributed by atoms with van der Waals surface area (Å²) in [6.45, 7) is 5.32. The number of hydrogen-bond acceptors (Lipinski definition) is 14. The van der Waals surface area contributed by atoms with Gasteiger partial charge in [-0.15, -0.1) is 0 Å². The molecule has 53 heavy (non-hydrogen) atoms. The standard InChI is InChI=1S/C34H38N7O11P/c1-20(30(43)44)40-53(47,52-22-13-9-6-10-14-22)48-17-24-27(28(42)34(18-35,50-24)25-16-15-23-29(36)37-19-38-41(23)25)49-31(45)26(21-11-7-5-8-12-21)39-32(46)51-33(2,3)4/h5-16,19-20,24,26-28,42H,17H2,1-4H3,(H,39,46)(H,40,47)(H,43,44)(H2,36,37,38)/t20?,24-,26?,27-,28-,34+,53+/m1/s1. The second-order valence-electron chi connectivity index (χ2n) is 12.9. The molecule has 2 aromatic heterocycles. The number of aliphatic hydroxyl groups is 1. The first-order valence-electron chi connectivity index (χ1n) is 16.2. The molecule has 2 aromatic carbocycles. The molecule has 5 rings (SSSR count). The number of nitriles is 1. The van der Waals surface area contributed by atoms with Crippen molar-refractivity contribution in [3.63, 3.8) is 0 Å². The van der Waals surface area contributed by atoms with Crippen molar-refractivity contribution < 1.29 is 52.4 Å². The van der Waals surface area contributed by atoms with Crippen LogP contribution in [-0.4, -0.2) is 79.4 Å². The summed E-state index contributed by atoms with van der Waals surface area (Å²) in [7, 11) is -4.58.